The van der Waals surface area contributed by atoms with Gasteiger partial charge in [0, 0.05) is 13.6 Å². The van der Waals surface area contributed by atoms with Gasteiger partial charge in [0.15, 0.2) is 5.17 Å². The van der Waals surface area contributed by atoms with Gasteiger partial charge in [-0.25, -0.2) is 9.38 Å². The molecular formula is C19H16FN3OS2. The van der Waals surface area contributed by atoms with E-state index < -0.39 is 0 Å². The highest BCUT2D eigenvalue weighted by atomic mass is 32.2. The second kappa shape index (κ2) is 6.81. The van der Waals surface area contributed by atoms with Crippen LogP contribution in [0.1, 0.15) is 6.92 Å². The zero-order valence-electron chi connectivity index (χ0n) is 14.3. The summed E-state index contributed by atoms with van der Waals surface area (Å²) in [6.45, 7) is 2.45. The quantitative estimate of drug-likeness (QED) is 0.695. The first kappa shape index (κ1) is 17.2. The predicted molar refractivity (Wildman–Crippen MR) is 106 cm³/mol. The number of thioether (sulfide) groups is 2. The van der Waals surface area contributed by atoms with E-state index in [1.165, 1.54) is 29.6 Å². The van der Waals surface area contributed by atoms with Gasteiger partial charge in [-0.15, -0.1) is 0 Å². The molecule has 1 fully saturated rings. The average Bonchev–Trinajstić information content (AvgIpc) is 3.14. The Kier molecular flexibility index (Phi) is 4.50. The van der Waals surface area contributed by atoms with Gasteiger partial charge in [-0.3, -0.25) is 9.69 Å². The van der Waals surface area contributed by atoms with Crippen molar-refractivity contribution in [1.82, 2.24) is 4.90 Å². The van der Waals surface area contributed by atoms with Gasteiger partial charge in [-0.1, -0.05) is 36.0 Å². The Morgan fingerprint density at radius 2 is 1.85 bits per heavy atom. The summed E-state index contributed by atoms with van der Waals surface area (Å²) in [6.07, 6.45) is 0. The monoisotopic (exact) mass is 385 g/mol. The zero-order valence-corrected chi connectivity index (χ0v) is 15.9. The molecule has 0 spiro atoms. The number of para-hydroxylation sites is 1. The average molecular weight is 385 g/mol. The normalized spacial score (nSPS) is 21.0. The topological polar surface area (TPSA) is 35.9 Å². The summed E-state index contributed by atoms with van der Waals surface area (Å²) in [5.74, 6) is -0.356. The Hall–Kier alpha value is -2.25. The Morgan fingerprint density at radius 3 is 2.54 bits per heavy atom. The first-order chi connectivity index (χ1) is 12.6. The van der Waals surface area contributed by atoms with E-state index >= 15 is 0 Å². The van der Waals surface area contributed by atoms with Crippen LogP contribution < -0.4 is 4.90 Å². The molecule has 4 nitrogen and oxygen atoms in total. The first-order valence-corrected chi connectivity index (χ1v) is 9.81. The summed E-state index contributed by atoms with van der Waals surface area (Å²) in [5, 5.41) is 1.40. The van der Waals surface area contributed by atoms with Crippen molar-refractivity contribution in [2.45, 2.75) is 11.8 Å². The largest absolute Gasteiger partial charge is 0.337 e. The lowest BCUT2D eigenvalue weighted by molar-refractivity contribution is -0.122. The molecule has 4 rings (SSSR count). The number of rotatable bonds is 2. The molecule has 0 aromatic heterocycles. The molecule has 2 heterocycles. The predicted octanol–water partition coefficient (Wildman–Crippen LogP) is 4.82. The number of carbonyl (C=O) groups is 1. The van der Waals surface area contributed by atoms with Crippen molar-refractivity contribution in [2.75, 3.05) is 18.5 Å². The van der Waals surface area contributed by atoms with Crippen molar-refractivity contribution < 1.29 is 9.18 Å². The van der Waals surface area contributed by atoms with E-state index in [2.05, 4.69) is 4.99 Å². The van der Waals surface area contributed by atoms with E-state index in [-0.39, 0.29) is 11.7 Å². The Bertz CT molecular complexity index is 943. The third-order valence-corrected chi connectivity index (χ3v) is 6.64. The van der Waals surface area contributed by atoms with Crippen molar-refractivity contribution in [2.24, 2.45) is 4.99 Å². The number of benzene rings is 2. The lowest BCUT2D eigenvalue weighted by atomic mass is 10.3. The molecule has 132 valence electrons. The smallest absolute Gasteiger partial charge is 0.269 e. The molecule has 0 saturated carbocycles. The fraction of sp³-hybridized carbons (Fsp3) is 0.158. The fourth-order valence-corrected chi connectivity index (χ4v) is 5.26. The van der Waals surface area contributed by atoms with Crippen LogP contribution in [-0.2, 0) is 4.79 Å². The van der Waals surface area contributed by atoms with Crippen molar-refractivity contribution in [3.8, 4) is 0 Å². The zero-order chi connectivity index (χ0) is 18.3. The van der Waals surface area contributed by atoms with Crippen LogP contribution in [-0.4, -0.2) is 29.6 Å². The number of anilines is 1. The highest BCUT2D eigenvalue weighted by molar-refractivity contribution is 8.19. The summed E-state index contributed by atoms with van der Waals surface area (Å²) in [4.78, 5) is 22.2. The molecule has 2 aliphatic rings. The van der Waals surface area contributed by atoms with Gasteiger partial charge in [-0.05, 0) is 43.0 Å². The maximum atomic E-state index is 14.1. The molecule has 7 heteroatoms. The van der Waals surface area contributed by atoms with Crippen molar-refractivity contribution in [3.05, 3.63) is 64.3 Å². The van der Waals surface area contributed by atoms with Crippen molar-refractivity contribution in [3.63, 3.8) is 0 Å². The van der Waals surface area contributed by atoms with Gasteiger partial charge in [0.1, 0.15) is 10.7 Å². The van der Waals surface area contributed by atoms with E-state index in [4.69, 9.17) is 0 Å². The summed E-state index contributed by atoms with van der Waals surface area (Å²) < 4.78 is 14.1. The molecule has 2 aromatic carbocycles. The van der Waals surface area contributed by atoms with Gasteiger partial charge >= 0.3 is 0 Å². The Morgan fingerprint density at radius 1 is 1.08 bits per heavy atom. The van der Waals surface area contributed by atoms with E-state index in [1.54, 1.807) is 11.0 Å². The van der Waals surface area contributed by atoms with Crippen LogP contribution in [0.15, 0.2) is 68.4 Å². The Labute approximate surface area is 159 Å². The summed E-state index contributed by atoms with van der Waals surface area (Å²) >= 11 is 2.64. The number of hydrogen-bond acceptors (Lipinski definition) is 5. The number of halogens is 1. The number of nitrogens with zero attached hydrogens (tertiary/aromatic N) is 3. The minimum Gasteiger partial charge on any atom is -0.337 e. The molecule has 0 atom stereocenters. The number of fused-ring (bicyclic) bond motifs is 1. The summed E-state index contributed by atoms with van der Waals surface area (Å²) in [6, 6.07) is 14.5. The highest BCUT2D eigenvalue weighted by Gasteiger charge is 2.39. The lowest BCUT2D eigenvalue weighted by Gasteiger charge is -2.15. The van der Waals surface area contributed by atoms with Crippen LogP contribution in [0.4, 0.5) is 15.8 Å². The maximum Gasteiger partial charge on any atom is 0.269 e. The minimum atomic E-state index is -0.268. The molecule has 0 aliphatic carbocycles. The van der Waals surface area contributed by atoms with E-state index in [0.717, 1.165) is 16.4 Å². The van der Waals surface area contributed by atoms with Crippen LogP contribution in [0.25, 0.3) is 0 Å². The van der Waals surface area contributed by atoms with Gasteiger partial charge in [0.25, 0.3) is 5.91 Å². The Balaban J connectivity index is 1.75. The highest BCUT2D eigenvalue weighted by Crippen LogP contribution is 2.50. The van der Waals surface area contributed by atoms with Crippen LogP contribution in [0, 0.1) is 5.82 Å². The van der Waals surface area contributed by atoms with Crippen LogP contribution in [0.5, 0.6) is 0 Å². The molecule has 2 aliphatic heterocycles. The standard InChI is InChI=1S/C19H16FN3OS2/c1-3-23-17(24)16(26-19(23)21-12-8-5-4-6-9-12)18-22(2)14-11-7-10-13(20)15(14)25-18/h4-11H,3H2,1-2H3/b18-16+,21-19-. The minimum absolute atomic E-state index is 0.0882. The van der Waals surface area contributed by atoms with Crippen LogP contribution in [0.2, 0.25) is 0 Å². The number of hydrogen-bond donors (Lipinski definition) is 0. The van der Waals surface area contributed by atoms with Gasteiger partial charge in [0.2, 0.25) is 0 Å². The maximum absolute atomic E-state index is 14.1. The number of amides is 1. The third kappa shape index (κ3) is 2.81. The molecule has 26 heavy (non-hydrogen) atoms. The molecule has 1 saturated heterocycles. The van der Waals surface area contributed by atoms with Gasteiger partial charge in [-0.2, -0.15) is 0 Å². The number of carbonyl (C=O) groups excluding carboxylic acids is 1. The summed E-state index contributed by atoms with van der Waals surface area (Å²) in [7, 11) is 1.86. The molecule has 1 amide bonds. The number of aliphatic imine (C=N–C) groups is 1. The fourth-order valence-electron chi connectivity index (χ4n) is 2.85. The van der Waals surface area contributed by atoms with Gasteiger partial charge < -0.3 is 4.90 Å². The SMILES string of the molecule is CCN1C(=O)/C(=C2\Sc3c(F)cccc3N2C)S/C1=N\c1ccccc1. The second-order valence-corrected chi connectivity index (χ2v) is 7.74. The lowest BCUT2D eigenvalue weighted by Crippen LogP contribution is -2.29. The van der Waals surface area contributed by atoms with E-state index in [0.29, 0.717) is 21.5 Å². The molecule has 0 N–H and O–H groups in total. The van der Waals surface area contributed by atoms with Crippen LogP contribution in [0.3, 0.4) is 0 Å². The number of likely N-dealkylation sites (N-methyl/N-ethyl adjacent to an activating group) is 1. The molecule has 0 radical (unpaired) electrons. The molecular weight excluding hydrogens is 369 g/mol. The van der Waals surface area contributed by atoms with Gasteiger partial charge in [0.05, 0.1) is 21.3 Å². The molecule has 2 aromatic rings. The van der Waals surface area contributed by atoms with Crippen LogP contribution >= 0.6 is 23.5 Å². The number of amidine groups is 1. The van der Waals surface area contributed by atoms with Crippen molar-refractivity contribution in [1.29, 1.82) is 0 Å². The first-order valence-electron chi connectivity index (χ1n) is 8.18. The molecule has 0 bridgehead atoms. The summed E-state index contributed by atoms with van der Waals surface area (Å²) in [5.41, 5.74) is 1.58. The van der Waals surface area contributed by atoms with Crippen molar-refractivity contribution >= 4 is 46.0 Å². The third-order valence-electron chi connectivity index (χ3n) is 4.17. The van der Waals surface area contributed by atoms with E-state index in [1.807, 2.05) is 55.3 Å². The molecule has 0 unspecified atom stereocenters. The van der Waals surface area contributed by atoms with E-state index in [9.17, 15) is 9.18 Å². The second-order valence-electron chi connectivity index (χ2n) is 5.76.